The van der Waals surface area contributed by atoms with Gasteiger partial charge < -0.3 is 15.5 Å². The maximum atomic E-state index is 11.9. The first-order valence-electron chi connectivity index (χ1n) is 7.33. The fourth-order valence-electron chi connectivity index (χ4n) is 1.99. The molecule has 3 amide bonds. The monoisotopic (exact) mass is 312 g/mol. The summed E-state index contributed by atoms with van der Waals surface area (Å²) in [5.41, 5.74) is 1.98. The number of anilines is 1. The van der Waals surface area contributed by atoms with Gasteiger partial charge >= 0.3 is 6.03 Å². The first-order chi connectivity index (χ1) is 11.1. The molecule has 1 aromatic carbocycles. The van der Waals surface area contributed by atoms with Crippen LogP contribution in [-0.4, -0.2) is 42.5 Å². The number of aromatic nitrogens is 1. The average Bonchev–Trinajstić information content (AvgIpc) is 2.55. The third kappa shape index (κ3) is 5.10. The lowest BCUT2D eigenvalue weighted by Gasteiger charge is -2.11. The van der Waals surface area contributed by atoms with Crippen LogP contribution in [0, 0.1) is 0 Å². The molecule has 23 heavy (non-hydrogen) atoms. The molecule has 0 aliphatic rings. The third-order valence-corrected chi connectivity index (χ3v) is 3.19. The van der Waals surface area contributed by atoms with Gasteiger partial charge in [-0.1, -0.05) is 30.3 Å². The number of benzene rings is 1. The molecular formula is C17H20N4O2. The third-order valence-electron chi connectivity index (χ3n) is 3.19. The minimum atomic E-state index is -0.310. The number of nitrogens with one attached hydrogen (secondary N) is 2. The molecule has 0 saturated heterocycles. The Labute approximate surface area is 135 Å². The van der Waals surface area contributed by atoms with Gasteiger partial charge in [-0.2, -0.15) is 0 Å². The molecule has 6 heteroatoms. The maximum Gasteiger partial charge on any atom is 0.319 e. The molecule has 0 fully saturated rings. The van der Waals surface area contributed by atoms with Crippen LogP contribution in [-0.2, 0) is 6.42 Å². The molecule has 1 aromatic heterocycles. The summed E-state index contributed by atoms with van der Waals surface area (Å²) in [6.07, 6.45) is 2.26. The van der Waals surface area contributed by atoms with Gasteiger partial charge in [0, 0.05) is 32.5 Å². The number of carbonyl (C=O) groups excluding carboxylic acids is 2. The summed E-state index contributed by atoms with van der Waals surface area (Å²) in [7, 11) is 3.31. The molecule has 2 rings (SSSR count). The van der Waals surface area contributed by atoms with Crippen molar-refractivity contribution in [2.45, 2.75) is 6.42 Å². The summed E-state index contributed by atoms with van der Waals surface area (Å²) in [5, 5.41) is 5.49. The highest BCUT2D eigenvalue weighted by Gasteiger charge is 2.10. The van der Waals surface area contributed by atoms with Crippen LogP contribution >= 0.6 is 0 Å². The molecule has 2 N–H and O–H groups in total. The highest BCUT2D eigenvalue weighted by Crippen LogP contribution is 2.09. The van der Waals surface area contributed by atoms with E-state index in [2.05, 4.69) is 15.6 Å². The van der Waals surface area contributed by atoms with Crippen molar-refractivity contribution >= 4 is 17.6 Å². The van der Waals surface area contributed by atoms with Crippen LogP contribution in [0.1, 0.15) is 16.1 Å². The number of amides is 3. The smallest absolute Gasteiger partial charge is 0.319 e. The van der Waals surface area contributed by atoms with Crippen LogP contribution in [0.4, 0.5) is 10.5 Å². The number of nitrogens with zero attached hydrogens (tertiary/aromatic N) is 2. The van der Waals surface area contributed by atoms with Gasteiger partial charge in [0.25, 0.3) is 5.91 Å². The van der Waals surface area contributed by atoms with Gasteiger partial charge in [0.05, 0.1) is 0 Å². The van der Waals surface area contributed by atoms with E-state index >= 15 is 0 Å². The van der Waals surface area contributed by atoms with Gasteiger partial charge in [-0.3, -0.25) is 9.78 Å². The van der Waals surface area contributed by atoms with Crippen molar-refractivity contribution in [3.05, 3.63) is 59.9 Å². The van der Waals surface area contributed by atoms with E-state index in [1.807, 2.05) is 30.3 Å². The summed E-state index contributed by atoms with van der Waals surface area (Å²) in [5.74, 6) is -0.210. The summed E-state index contributed by atoms with van der Waals surface area (Å²) < 4.78 is 0. The lowest BCUT2D eigenvalue weighted by atomic mass is 10.1. The molecular weight excluding hydrogens is 292 g/mol. The van der Waals surface area contributed by atoms with Crippen molar-refractivity contribution in [1.82, 2.24) is 15.2 Å². The van der Waals surface area contributed by atoms with Gasteiger partial charge in [0.1, 0.15) is 5.69 Å². The van der Waals surface area contributed by atoms with E-state index in [0.717, 1.165) is 12.0 Å². The summed E-state index contributed by atoms with van der Waals surface area (Å²) >= 11 is 0. The molecule has 0 bridgehead atoms. The normalized spacial score (nSPS) is 10.0. The molecule has 2 aromatic rings. The Morgan fingerprint density at radius 2 is 1.87 bits per heavy atom. The van der Waals surface area contributed by atoms with Gasteiger partial charge in [-0.05, 0) is 24.1 Å². The first kappa shape index (κ1) is 16.5. The Bertz CT molecular complexity index is 671. The number of hydrogen-bond acceptors (Lipinski definition) is 3. The Morgan fingerprint density at radius 1 is 1.13 bits per heavy atom. The first-order valence-corrected chi connectivity index (χ1v) is 7.33. The second kappa shape index (κ2) is 7.93. The fraction of sp³-hybridized carbons (Fsp3) is 0.235. The summed E-state index contributed by atoms with van der Waals surface area (Å²) in [4.78, 5) is 29.2. The molecule has 1 heterocycles. The van der Waals surface area contributed by atoms with Crippen LogP contribution in [0.25, 0.3) is 0 Å². The molecule has 0 radical (unpaired) electrons. The Kier molecular flexibility index (Phi) is 5.68. The molecule has 0 aliphatic heterocycles. The predicted octanol–water partition coefficient (Wildman–Crippen LogP) is 2.15. The van der Waals surface area contributed by atoms with Gasteiger partial charge in [0.2, 0.25) is 0 Å². The zero-order valence-corrected chi connectivity index (χ0v) is 13.2. The minimum Gasteiger partial charge on any atom is -0.343 e. The van der Waals surface area contributed by atoms with Crippen LogP contribution in [0.15, 0.2) is 48.7 Å². The van der Waals surface area contributed by atoms with Crippen molar-refractivity contribution in [1.29, 1.82) is 0 Å². The molecule has 0 saturated carbocycles. The Morgan fingerprint density at radius 3 is 2.57 bits per heavy atom. The second-order valence-electron chi connectivity index (χ2n) is 5.25. The largest absolute Gasteiger partial charge is 0.343 e. The number of carbonyl (C=O) groups is 2. The molecule has 0 unspecified atom stereocenters. The van der Waals surface area contributed by atoms with Crippen LogP contribution in [0.2, 0.25) is 0 Å². The SMILES string of the molecule is CN(C)C(=O)c1cc(NC(=O)NCCc2ccccc2)ccn1. The van der Waals surface area contributed by atoms with Gasteiger partial charge in [-0.25, -0.2) is 4.79 Å². The molecule has 0 aliphatic carbocycles. The maximum absolute atomic E-state index is 11.9. The van der Waals surface area contributed by atoms with E-state index in [-0.39, 0.29) is 17.6 Å². The molecule has 120 valence electrons. The van der Waals surface area contributed by atoms with Crippen LogP contribution in [0.3, 0.4) is 0 Å². The van der Waals surface area contributed by atoms with E-state index in [1.54, 1.807) is 26.2 Å². The number of hydrogen-bond donors (Lipinski definition) is 2. The Balaban J connectivity index is 1.85. The van der Waals surface area contributed by atoms with Crippen LogP contribution < -0.4 is 10.6 Å². The topological polar surface area (TPSA) is 74.3 Å². The average molecular weight is 312 g/mol. The van der Waals surface area contributed by atoms with E-state index in [4.69, 9.17) is 0 Å². The van der Waals surface area contributed by atoms with E-state index in [0.29, 0.717) is 12.2 Å². The van der Waals surface area contributed by atoms with Gasteiger partial charge in [-0.15, -0.1) is 0 Å². The van der Waals surface area contributed by atoms with Crippen molar-refractivity contribution in [3.63, 3.8) is 0 Å². The van der Waals surface area contributed by atoms with Crippen molar-refractivity contribution in [3.8, 4) is 0 Å². The minimum absolute atomic E-state index is 0.210. The molecule has 6 nitrogen and oxygen atoms in total. The van der Waals surface area contributed by atoms with E-state index in [1.165, 1.54) is 11.1 Å². The number of urea groups is 1. The summed E-state index contributed by atoms with van der Waals surface area (Å²) in [6, 6.07) is 12.8. The highest BCUT2D eigenvalue weighted by atomic mass is 16.2. The van der Waals surface area contributed by atoms with Gasteiger partial charge in [0.15, 0.2) is 0 Å². The van der Waals surface area contributed by atoms with Crippen molar-refractivity contribution in [2.24, 2.45) is 0 Å². The van der Waals surface area contributed by atoms with Crippen molar-refractivity contribution in [2.75, 3.05) is 26.0 Å². The number of rotatable bonds is 5. The van der Waals surface area contributed by atoms with Crippen LogP contribution in [0.5, 0.6) is 0 Å². The fourth-order valence-corrected chi connectivity index (χ4v) is 1.99. The highest BCUT2D eigenvalue weighted by molar-refractivity contribution is 5.95. The lowest BCUT2D eigenvalue weighted by molar-refractivity contribution is 0.0822. The van der Waals surface area contributed by atoms with E-state index in [9.17, 15) is 9.59 Å². The Hall–Kier alpha value is -2.89. The predicted molar refractivity (Wildman–Crippen MR) is 89.4 cm³/mol. The quantitative estimate of drug-likeness (QED) is 0.888. The van der Waals surface area contributed by atoms with Crippen molar-refractivity contribution < 1.29 is 9.59 Å². The second-order valence-corrected chi connectivity index (χ2v) is 5.25. The zero-order valence-electron chi connectivity index (χ0n) is 13.2. The zero-order chi connectivity index (χ0) is 16.7. The molecule has 0 atom stereocenters. The lowest BCUT2D eigenvalue weighted by Crippen LogP contribution is -2.30. The van der Waals surface area contributed by atoms with E-state index < -0.39 is 0 Å². The molecule has 0 spiro atoms. The standard InChI is InChI=1S/C17H20N4O2/c1-21(2)16(22)15-12-14(9-11-18-15)20-17(23)19-10-8-13-6-4-3-5-7-13/h3-7,9,11-12H,8,10H2,1-2H3,(H2,18,19,20,23). The number of pyridine rings is 1. The summed E-state index contributed by atoms with van der Waals surface area (Å²) in [6.45, 7) is 0.532.